The molecule has 9 heteroatoms. The molecule has 0 spiro atoms. The Kier molecular flexibility index (Phi) is 6.24. The van der Waals surface area contributed by atoms with Crippen LogP contribution in [-0.2, 0) is 16.0 Å². The Morgan fingerprint density at radius 1 is 1.15 bits per heavy atom. The third kappa shape index (κ3) is 4.49. The van der Waals surface area contributed by atoms with Gasteiger partial charge in [0.15, 0.2) is 0 Å². The molecular formula is C24H20FNO6S. The zero-order chi connectivity index (χ0) is 23.7. The van der Waals surface area contributed by atoms with Crippen LogP contribution >= 0.6 is 11.8 Å². The van der Waals surface area contributed by atoms with Gasteiger partial charge in [0.2, 0.25) is 5.91 Å². The first kappa shape index (κ1) is 22.6. The lowest BCUT2D eigenvalue weighted by molar-refractivity contribution is -0.141. The van der Waals surface area contributed by atoms with Gasteiger partial charge in [-0.1, -0.05) is 12.1 Å². The topological polar surface area (TPSA) is 110 Å². The van der Waals surface area contributed by atoms with E-state index in [4.69, 9.17) is 8.83 Å². The number of aliphatic carboxylic acids is 1. The van der Waals surface area contributed by atoms with Gasteiger partial charge < -0.3 is 19.3 Å². The largest absolute Gasteiger partial charge is 0.480 e. The highest BCUT2D eigenvalue weighted by Gasteiger charge is 2.22. The van der Waals surface area contributed by atoms with Crippen LogP contribution in [0.2, 0.25) is 0 Å². The number of hydrogen-bond acceptors (Lipinski definition) is 6. The van der Waals surface area contributed by atoms with Crippen molar-refractivity contribution in [2.75, 3.05) is 12.0 Å². The number of carbonyl (C=O) groups excluding carboxylic acids is 1. The van der Waals surface area contributed by atoms with Crippen molar-refractivity contribution in [2.24, 2.45) is 0 Å². The van der Waals surface area contributed by atoms with Crippen molar-refractivity contribution in [3.63, 3.8) is 0 Å². The number of fused-ring (bicyclic) bond motifs is 2. The Labute approximate surface area is 191 Å². The second-order valence-electron chi connectivity index (χ2n) is 7.58. The maximum Gasteiger partial charge on any atom is 0.340 e. The molecule has 0 aliphatic heterocycles. The van der Waals surface area contributed by atoms with E-state index in [-0.39, 0.29) is 23.6 Å². The monoisotopic (exact) mass is 469 g/mol. The van der Waals surface area contributed by atoms with Crippen LogP contribution in [0, 0.1) is 12.7 Å². The average molecular weight is 469 g/mol. The van der Waals surface area contributed by atoms with Crippen molar-refractivity contribution in [1.82, 2.24) is 5.32 Å². The Morgan fingerprint density at radius 3 is 2.55 bits per heavy atom. The van der Waals surface area contributed by atoms with E-state index in [0.717, 1.165) is 16.5 Å². The summed E-state index contributed by atoms with van der Waals surface area (Å²) in [5, 5.41) is 13.1. The molecule has 2 heterocycles. The van der Waals surface area contributed by atoms with Crippen LogP contribution in [0.1, 0.15) is 11.1 Å². The quantitative estimate of drug-likeness (QED) is 0.392. The minimum Gasteiger partial charge on any atom is -0.480 e. The number of carbonyl (C=O) groups is 2. The lowest BCUT2D eigenvalue weighted by atomic mass is 9.99. The Hall–Kier alpha value is -3.59. The van der Waals surface area contributed by atoms with Gasteiger partial charge in [-0.2, -0.15) is 11.8 Å². The van der Waals surface area contributed by atoms with E-state index in [0.29, 0.717) is 22.1 Å². The molecule has 33 heavy (non-hydrogen) atoms. The Bertz CT molecular complexity index is 1420. The fraction of sp³-hybridized carbons (Fsp3) is 0.208. The van der Waals surface area contributed by atoms with Gasteiger partial charge in [-0.25, -0.2) is 14.0 Å². The normalized spacial score (nSPS) is 12.2. The van der Waals surface area contributed by atoms with Gasteiger partial charge in [0.1, 0.15) is 23.0 Å². The van der Waals surface area contributed by atoms with Crippen molar-refractivity contribution >= 4 is 45.6 Å². The number of thioether (sulfide) groups is 1. The summed E-state index contributed by atoms with van der Waals surface area (Å²) in [6.45, 7) is 1.71. The minimum absolute atomic E-state index is 0.152. The van der Waals surface area contributed by atoms with E-state index in [2.05, 4.69) is 5.32 Å². The number of hydrogen-bond donors (Lipinski definition) is 2. The molecular weight excluding hydrogens is 449 g/mol. The molecule has 0 bridgehead atoms. The highest BCUT2D eigenvalue weighted by Crippen LogP contribution is 2.34. The lowest BCUT2D eigenvalue weighted by Crippen LogP contribution is -2.43. The van der Waals surface area contributed by atoms with E-state index in [1.807, 2.05) is 0 Å². The number of carboxylic acids is 1. The summed E-state index contributed by atoms with van der Waals surface area (Å²) < 4.78 is 24.4. The molecule has 2 aromatic carbocycles. The number of rotatable bonds is 7. The van der Waals surface area contributed by atoms with Crippen molar-refractivity contribution < 1.29 is 27.9 Å². The third-order valence-electron chi connectivity index (χ3n) is 5.44. The van der Waals surface area contributed by atoms with Crippen molar-refractivity contribution in [1.29, 1.82) is 0 Å². The summed E-state index contributed by atoms with van der Waals surface area (Å²) in [6, 6.07) is 8.37. The number of nitrogens with one attached hydrogen (secondary N) is 1. The van der Waals surface area contributed by atoms with E-state index < -0.39 is 23.5 Å². The molecule has 1 amide bonds. The first-order valence-corrected chi connectivity index (χ1v) is 11.4. The highest BCUT2D eigenvalue weighted by molar-refractivity contribution is 7.98. The van der Waals surface area contributed by atoms with E-state index in [1.54, 1.807) is 43.7 Å². The Morgan fingerprint density at radius 2 is 1.88 bits per heavy atom. The molecule has 2 N–H and O–H groups in total. The number of aryl methyl sites for hydroxylation is 1. The maximum atomic E-state index is 13.3. The van der Waals surface area contributed by atoms with Crippen LogP contribution in [0.3, 0.4) is 0 Å². The van der Waals surface area contributed by atoms with Crippen molar-refractivity contribution in [3.8, 4) is 11.1 Å². The number of carboxylic acid groups (broad SMARTS) is 1. The molecule has 0 saturated heterocycles. The second-order valence-corrected chi connectivity index (χ2v) is 8.50. The molecule has 0 saturated carbocycles. The van der Waals surface area contributed by atoms with E-state index in [1.165, 1.54) is 23.9 Å². The van der Waals surface area contributed by atoms with Gasteiger partial charge in [0.25, 0.3) is 0 Å². The lowest BCUT2D eigenvalue weighted by Gasteiger charge is -2.14. The summed E-state index contributed by atoms with van der Waals surface area (Å²) in [7, 11) is 0. The molecule has 0 aliphatic rings. The number of furan rings is 1. The minimum atomic E-state index is -1.14. The highest BCUT2D eigenvalue weighted by atomic mass is 32.2. The van der Waals surface area contributed by atoms with Gasteiger partial charge >= 0.3 is 11.6 Å². The van der Waals surface area contributed by atoms with Crippen molar-refractivity contribution in [3.05, 3.63) is 70.0 Å². The number of amides is 1. The van der Waals surface area contributed by atoms with Crippen LogP contribution in [0.25, 0.3) is 33.1 Å². The fourth-order valence-electron chi connectivity index (χ4n) is 3.71. The molecule has 2 aromatic heterocycles. The second kappa shape index (κ2) is 9.11. The molecule has 7 nitrogen and oxygen atoms in total. The molecule has 0 radical (unpaired) electrons. The van der Waals surface area contributed by atoms with Crippen LogP contribution in [0.4, 0.5) is 4.39 Å². The standard InChI is InChI=1S/C24H20FNO6S/c1-12-15-7-17-18(13-3-5-14(25)6-4-13)10-31-20(17)9-21(15)32-24(30)16(12)8-22(27)26-19(11-33-2)23(28)29/h3-7,9-10,19H,8,11H2,1-2H3,(H,26,27)(H,28,29). The summed E-state index contributed by atoms with van der Waals surface area (Å²) >= 11 is 1.29. The molecule has 4 aromatic rings. The van der Waals surface area contributed by atoms with E-state index >= 15 is 0 Å². The predicted octanol–water partition coefficient (Wildman–Crippen LogP) is 4.13. The van der Waals surface area contributed by atoms with Gasteiger partial charge in [-0.05, 0) is 42.5 Å². The summed E-state index contributed by atoms with van der Waals surface area (Å²) in [5.74, 6) is -1.87. The summed E-state index contributed by atoms with van der Waals surface area (Å²) in [4.78, 5) is 36.4. The zero-order valence-corrected chi connectivity index (χ0v) is 18.6. The maximum absolute atomic E-state index is 13.3. The molecule has 0 fully saturated rings. The first-order chi connectivity index (χ1) is 15.8. The van der Waals surface area contributed by atoms with Crippen molar-refractivity contribution in [2.45, 2.75) is 19.4 Å². The molecule has 4 rings (SSSR count). The molecule has 170 valence electrons. The van der Waals surface area contributed by atoms with Crippen LogP contribution in [-0.4, -0.2) is 35.0 Å². The molecule has 0 aliphatic carbocycles. The van der Waals surface area contributed by atoms with Gasteiger partial charge in [-0.3, -0.25) is 4.79 Å². The van der Waals surface area contributed by atoms with E-state index in [9.17, 15) is 23.9 Å². The summed E-state index contributed by atoms with van der Waals surface area (Å²) in [6.07, 6.45) is 2.98. The fourth-order valence-corrected chi connectivity index (χ4v) is 4.27. The first-order valence-electron chi connectivity index (χ1n) is 10.0. The average Bonchev–Trinajstić information content (AvgIpc) is 3.18. The number of benzene rings is 2. The van der Waals surface area contributed by atoms with Gasteiger partial charge in [-0.15, -0.1) is 0 Å². The molecule has 1 unspecified atom stereocenters. The van der Waals surface area contributed by atoms with Gasteiger partial charge in [0, 0.05) is 28.2 Å². The smallest absolute Gasteiger partial charge is 0.340 e. The number of halogens is 1. The zero-order valence-electron chi connectivity index (χ0n) is 17.8. The van der Waals surface area contributed by atoms with Crippen LogP contribution < -0.4 is 10.9 Å². The van der Waals surface area contributed by atoms with Crippen LogP contribution in [0.15, 0.2) is 56.3 Å². The Balaban J connectivity index is 1.74. The third-order valence-corrected chi connectivity index (χ3v) is 6.11. The van der Waals surface area contributed by atoms with Crippen LogP contribution in [0.5, 0.6) is 0 Å². The SMILES string of the molecule is CSCC(NC(=O)Cc1c(C)c2cc3c(-c4ccc(F)cc4)coc3cc2oc1=O)C(=O)O. The predicted molar refractivity (Wildman–Crippen MR) is 124 cm³/mol. The summed E-state index contributed by atoms with van der Waals surface area (Å²) in [5.41, 5.74) is 2.35. The van der Waals surface area contributed by atoms with Gasteiger partial charge in [0.05, 0.1) is 18.2 Å². The molecule has 1 atom stereocenters.